The SMILES string of the molecule is CC[C@@H](C(=O)NC)N(Cc1ccc(Cl)cc1)C(=O)COc1ccc(Cl)c(C)c1. The van der Waals surface area contributed by atoms with Gasteiger partial charge < -0.3 is 15.0 Å². The highest BCUT2D eigenvalue weighted by Gasteiger charge is 2.28. The lowest BCUT2D eigenvalue weighted by atomic mass is 10.1. The Morgan fingerprint density at radius 1 is 1.14 bits per heavy atom. The smallest absolute Gasteiger partial charge is 0.261 e. The average Bonchev–Trinajstić information content (AvgIpc) is 2.69. The topological polar surface area (TPSA) is 58.6 Å². The molecule has 2 amide bonds. The van der Waals surface area contributed by atoms with Crippen LogP contribution < -0.4 is 10.1 Å². The second-order valence-corrected chi connectivity index (χ2v) is 7.23. The fraction of sp³-hybridized carbons (Fsp3) is 0.333. The van der Waals surface area contributed by atoms with E-state index < -0.39 is 6.04 Å². The highest BCUT2D eigenvalue weighted by molar-refractivity contribution is 6.31. The van der Waals surface area contributed by atoms with Crippen LogP contribution in [0.5, 0.6) is 5.75 Å². The van der Waals surface area contributed by atoms with E-state index in [9.17, 15) is 9.59 Å². The third-order valence-electron chi connectivity index (χ3n) is 4.39. The first-order valence-electron chi connectivity index (χ1n) is 9.00. The quantitative estimate of drug-likeness (QED) is 0.691. The van der Waals surface area contributed by atoms with Crippen molar-refractivity contribution in [1.82, 2.24) is 10.2 Å². The van der Waals surface area contributed by atoms with Crippen molar-refractivity contribution in [1.29, 1.82) is 0 Å². The zero-order valence-electron chi connectivity index (χ0n) is 16.2. The van der Waals surface area contributed by atoms with Crippen molar-refractivity contribution in [2.75, 3.05) is 13.7 Å². The number of carbonyl (C=O) groups excluding carboxylic acids is 2. The van der Waals surface area contributed by atoms with Gasteiger partial charge in [0.2, 0.25) is 5.91 Å². The van der Waals surface area contributed by atoms with Crippen molar-refractivity contribution in [3.63, 3.8) is 0 Å². The number of likely N-dealkylation sites (N-methyl/N-ethyl adjacent to an activating group) is 1. The van der Waals surface area contributed by atoms with Crippen LogP contribution in [0.25, 0.3) is 0 Å². The molecule has 0 aliphatic rings. The van der Waals surface area contributed by atoms with Gasteiger partial charge in [-0.2, -0.15) is 0 Å². The number of nitrogens with zero attached hydrogens (tertiary/aromatic N) is 1. The standard InChI is InChI=1S/C21H24Cl2N2O3/c1-4-19(21(27)24-3)25(12-15-5-7-16(22)8-6-15)20(26)13-28-17-9-10-18(23)14(2)11-17/h5-11,19H,4,12-13H2,1-3H3,(H,24,27)/t19-/m0/s1. The third-order valence-corrected chi connectivity index (χ3v) is 5.07. The van der Waals surface area contributed by atoms with Gasteiger partial charge in [-0.3, -0.25) is 9.59 Å². The Morgan fingerprint density at radius 3 is 2.39 bits per heavy atom. The molecular weight excluding hydrogens is 399 g/mol. The largest absolute Gasteiger partial charge is 0.484 e. The zero-order chi connectivity index (χ0) is 20.7. The number of hydrogen-bond donors (Lipinski definition) is 1. The van der Waals surface area contributed by atoms with Crippen LogP contribution >= 0.6 is 23.2 Å². The molecule has 2 aromatic carbocycles. The molecule has 2 rings (SSSR count). The van der Waals surface area contributed by atoms with Crippen LogP contribution in [-0.2, 0) is 16.1 Å². The molecule has 1 N–H and O–H groups in total. The van der Waals surface area contributed by atoms with Gasteiger partial charge in [-0.05, 0) is 54.8 Å². The van der Waals surface area contributed by atoms with E-state index in [1.807, 2.05) is 26.0 Å². The molecule has 7 heteroatoms. The molecule has 0 aromatic heterocycles. The summed E-state index contributed by atoms with van der Waals surface area (Å²) in [6.45, 7) is 3.83. The van der Waals surface area contributed by atoms with Gasteiger partial charge in [0.15, 0.2) is 6.61 Å². The molecule has 0 unspecified atom stereocenters. The maximum Gasteiger partial charge on any atom is 0.261 e. The van der Waals surface area contributed by atoms with Crippen LogP contribution in [0.15, 0.2) is 42.5 Å². The van der Waals surface area contributed by atoms with Crippen molar-refractivity contribution in [2.45, 2.75) is 32.9 Å². The maximum absolute atomic E-state index is 12.9. The maximum atomic E-state index is 12.9. The Hall–Kier alpha value is -2.24. The number of carbonyl (C=O) groups is 2. The van der Waals surface area contributed by atoms with Crippen LogP contribution in [0.4, 0.5) is 0 Å². The summed E-state index contributed by atoms with van der Waals surface area (Å²) in [6.07, 6.45) is 0.485. The first-order valence-corrected chi connectivity index (χ1v) is 9.75. The summed E-state index contributed by atoms with van der Waals surface area (Å²) in [5.41, 5.74) is 1.74. The predicted octanol–water partition coefficient (Wildman–Crippen LogP) is 4.23. The molecule has 2 aromatic rings. The molecule has 1 atom stereocenters. The van der Waals surface area contributed by atoms with Gasteiger partial charge in [0.1, 0.15) is 11.8 Å². The molecular formula is C21H24Cl2N2O3. The molecule has 28 heavy (non-hydrogen) atoms. The van der Waals surface area contributed by atoms with Gasteiger partial charge in [0.05, 0.1) is 0 Å². The van der Waals surface area contributed by atoms with Gasteiger partial charge in [0, 0.05) is 23.6 Å². The van der Waals surface area contributed by atoms with Crippen molar-refractivity contribution in [3.05, 3.63) is 63.6 Å². The average molecular weight is 423 g/mol. The van der Waals surface area contributed by atoms with E-state index in [-0.39, 0.29) is 25.0 Å². The molecule has 0 aliphatic carbocycles. The van der Waals surface area contributed by atoms with Crippen LogP contribution in [0.1, 0.15) is 24.5 Å². The molecule has 150 valence electrons. The second kappa shape index (κ2) is 10.3. The number of nitrogens with one attached hydrogen (secondary N) is 1. The molecule has 0 heterocycles. The minimum absolute atomic E-state index is 0.178. The molecule has 0 radical (unpaired) electrons. The van der Waals surface area contributed by atoms with E-state index in [0.717, 1.165) is 11.1 Å². The number of aryl methyl sites for hydroxylation is 1. The van der Waals surface area contributed by atoms with Gasteiger partial charge in [0.25, 0.3) is 5.91 Å². The van der Waals surface area contributed by atoms with Gasteiger partial charge in [-0.1, -0.05) is 42.3 Å². The van der Waals surface area contributed by atoms with E-state index in [2.05, 4.69) is 5.32 Å². The Labute approximate surface area is 175 Å². The number of benzene rings is 2. The number of amides is 2. The van der Waals surface area contributed by atoms with Crippen molar-refractivity contribution >= 4 is 35.0 Å². The van der Waals surface area contributed by atoms with Gasteiger partial charge >= 0.3 is 0 Å². The van der Waals surface area contributed by atoms with Gasteiger partial charge in [-0.25, -0.2) is 0 Å². The summed E-state index contributed by atoms with van der Waals surface area (Å²) >= 11 is 12.0. The number of hydrogen-bond acceptors (Lipinski definition) is 3. The molecule has 0 saturated carbocycles. The first-order chi connectivity index (χ1) is 13.3. The van der Waals surface area contributed by atoms with E-state index >= 15 is 0 Å². The van der Waals surface area contributed by atoms with Crippen LogP contribution in [-0.4, -0.2) is 36.4 Å². The number of rotatable bonds is 8. The molecule has 5 nitrogen and oxygen atoms in total. The van der Waals surface area contributed by atoms with Crippen LogP contribution in [0.3, 0.4) is 0 Å². The van der Waals surface area contributed by atoms with Crippen LogP contribution in [0.2, 0.25) is 10.0 Å². The Morgan fingerprint density at radius 2 is 1.82 bits per heavy atom. The second-order valence-electron chi connectivity index (χ2n) is 6.39. The summed E-state index contributed by atoms with van der Waals surface area (Å²) in [7, 11) is 1.56. The van der Waals surface area contributed by atoms with Gasteiger partial charge in [-0.15, -0.1) is 0 Å². The highest BCUT2D eigenvalue weighted by Crippen LogP contribution is 2.21. The first kappa shape index (κ1) is 22.1. The normalized spacial score (nSPS) is 11.6. The minimum atomic E-state index is -0.594. The van der Waals surface area contributed by atoms with E-state index in [1.54, 1.807) is 37.4 Å². The summed E-state index contributed by atoms with van der Waals surface area (Å²) < 4.78 is 5.65. The van der Waals surface area contributed by atoms with Crippen LogP contribution in [0, 0.1) is 6.92 Å². The third kappa shape index (κ3) is 5.88. The fourth-order valence-electron chi connectivity index (χ4n) is 2.81. The van der Waals surface area contributed by atoms with Crippen molar-refractivity contribution in [3.8, 4) is 5.75 Å². The van der Waals surface area contributed by atoms with E-state index in [0.29, 0.717) is 22.2 Å². The molecule has 0 fully saturated rings. The summed E-state index contributed by atoms with van der Waals surface area (Å²) in [5.74, 6) is 0.0554. The predicted molar refractivity (Wildman–Crippen MR) is 112 cm³/mol. The molecule has 0 saturated heterocycles. The fourth-order valence-corrected chi connectivity index (χ4v) is 3.05. The lowest BCUT2D eigenvalue weighted by Gasteiger charge is -2.30. The molecule has 0 spiro atoms. The van der Waals surface area contributed by atoms with E-state index in [4.69, 9.17) is 27.9 Å². The lowest BCUT2D eigenvalue weighted by Crippen LogP contribution is -2.49. The summed E-state index contributed by atoms with van der Waals surface area (Å²) in [5, 5.41) is 3.87. The summed E-state index contributed by atoms with van der Waals surface area (Å²) in [4.78, 5) is 26.8. The molecule has 0 aliphatic heterocycles. The Kier molecular flexibility index (Phi) is 8.15. The number of ether oxygens (including phenoxy) is 1. The minimum Gasteiger partial charge on any atom is -0.484 e. The molecule has 0 bridgehead atoms. The monoisotopic (exact) mass is 422 g/mol. The van der Waals surface area contributed by atoms with Crippen molar-refractivity contribution < 1.29 is 14.3 Å². The number of halogens is 2. The summed E-state index contributed by atoms with van der Waals surface area (Å²) in [6, 6.07) is 11.8. The highest BCUT2D eigenvalue weighted by atomic mass is 35.5. The van der Waals surface area contributed by atoms with Crippen molar-refractivity contribution in [2.24, 2.45) is 0 Å². The Bertz CT molecular complexity index is 825. The lowest BCUT2D eigenvalue weighted by molar-refractivity contribution is -0.142. The van der Waals surface area contributed by atoms with E-state index in [1.165, 1.54) is 4.90 Å². The zero-order valence-corrected chi connectivity index (χ0v) is 17.7. The Balaban J connectivity index is 2.18.